The highest BCUT2D eigenvalue weighted by atomic mass is 32.1. The van der Waals surface area contributed by atoms with Crippen LogP contribution in [-0.4, -0.2) is 23.5 Å². The molecule has 3 N–H and O–H groups in total. The van der Waals surface area contributed by atoms with Crippen molar-refractivity contribution in [1.82, 2.24) is 4.98 Å². The Morgan fingerprint density at radius 1 is 1.17 bits per heavy atom. The Morgan fingerprint density at radius 3 is 2.60 bits per heavy atom. The highest BCUT2D eigenvalue weighted by Gasteiger charge is 2.27. The summed E-state index contributed by atoms with van der Waals surface area (Å²) >= 11 is 2.68. The summed E-state index contributed by atoms with van der Waals surface area (Å²) in [6.45, 7) is 3.78. The van der Waals surface area contributed by atoms with Crippen molar-refractivity contribution in [2.45, 2.75) is 13.8 Å². The van der Waals surface area contributed by atoms with Crippen LogP contribution in [0.3, 0.4) is 0 Å². The molecule has 0 aliphatic carbocycles. The number of anilines is 2. The van der Waals surface area contributed by atoms with Gasteiger partial charge in [-0.05, 0) is 37.4 Å². The fourth-order valence-electron chi connectivity index (χ4n) is 3.27. The monoisotopic (exact) mass is 437 g/mol. The summed E-state index contributed by atoms with van der Waals surface area (Å²) < 4.78 is 5.14. The number of aryl methyl sites for hydroxylation is 1. The molecule has 0 unspecified atom stereocenters. The first kappa shape index (κ1) is 20.1. The number of nitrogens with one attached hydrogen (secondary N) is 1. The van der Waals surface area contributed by atoms with E-state index in [1.54, 1.807) is 13.8 Å². The lowest BCUT2D eigenvalue weighted by atomic mass is 10.00. The van der Waals surface area contributed by atoms with Gasteiger partial charge in [0.25, 0.3) is 5.91 Å². The van der Waals surface area contributed by atoms with Gasteiger partial charge in [0.2, 0.25) is 0 Å². The summed E-state index contributed by atoms with van der Waals surface area (Å²) in [4.78, 5) is 32.0. The van der Waals surface area contributed by atoms with Crippen LogP contribution in [0.25, 0.3) is 20.7 Å². The number of amides is 1. The molecule has 1 aromatic carbocycles. The molecule has 8 heteroatoms. The van der Waals surface area contributed by atoms with E-state index in [0.717, 1.165) is 4.88 Å². The van der Waals surface area contributed by atoms with Gasteiger partial charge in [-0.1, -0.05) is 24.3 Å². The van der Waals surface area contributed by atoms with E-state index < -0.39 is 5.97 Å². The fourth-order valence-corrected chi connectivity index (χ4v) is 5.10. The van der Waals surface area contributed by atoms with Gasteiger partial charge in [-0.15, -0.1) is 22.7 Å². The Balaban J connectivity index is 1.95. The average Bonchev–Trinajstić information content (AvgIpc) is 3.36. The quantitative estimate of drug-likeness (QED) is 0.411. The molecule has 0 spiro atoms. The first-order valence-corrected chi connectivity index (χ1v) is 11.0. The van der Waals surface area contributed by atoms with Gasteiger partial charge in [0.05, 0.1) is 23.6 Å². The summed E-state index contributed by atoms with van der Waals surface area (Å²) in [7, 11) is 0. The van der Waals surface area contributed by atoms with E-state index in [1.165, 1.54) is 22.7 Å². The molecule has 0 saturated heterocycles. The zero-order valence-corrected chi connectivity index (χ0v) is 18.0. The molecule has 4 aromatic rings. The van der Waals surface area contributed by atoms with Gasteiger partial charge >= 0.3 is 5.97 Å². The number of ether oxygens (including phenoxy) is 1. The van der Waals surface area contributed by atoms with Crippen LogP contribution in [0, 0.1) is 6.92 Å². The van der Waals surface area contributed by atoms with Crippen molar-refractivity contribution < 1.29 is 14.3 Å². The lowest BCUT2D eigenvalue weighted by Gasteiger charge is -2.13. The summed E-state index contributed by atoms with van der Waals surface area (Å²) in [5.74, 6) is -0.761. The second kappa shape index (κ2) is 8.25. The number of nitrogens with zero attached hydrogens (tertiary/aromatic N) is 1. The Bertz CT molecular complexity index is 1230. The van der Waals surface area contributed by atoms with Crippen LogP contribution in [0.1, 0.15) is 32.6 Å². The molecule has 0 aliphatic rings. The number of aromatic nitrogens is 1. The normalized spacial score (nSPS) is 10.9. The van der Waals surface area contributed by atoms with Gasteiger partial charge in [-0.25, -0.2) is 9.78 Å². The van der Waals surface area contributed by atoms with Crippen molar-refractivity contribution >= 4 is 56.1 Å². The molecule has 0 radical (unpaired) electrons. The molecule has 6 nitrogen and oxygen atoms in total. The SMILES string of the molecule is CCOC(=O)c1sc2nc(C)c(C(=O)Nc3ccccc3)c(-c3cccs3)c2c1N. The summed E-state index contributed by atoms with van der Waals surface area (Å²) in [6, 6.07) is 13.1. The molecule has 0 aliphatic heterocycles. The molecule has 0 fully saturated rings. The largest absolute Gasteiger partial charge is 0.462 e. The molecule has 0 saturated carbocycles. The topological polar surface area (TPSA) is 94.3 Å². The number of fused-ring (bicyclic) bond motifs is 1. The van der Waals surface area contributed by atoms with Gasteiger partial charge < -0.3 is 15.8 Å². The van der Waals surface area contributed by atoms with Crippen molar-refractivity contribution in [3.8, 4) is 10.4 Å². The lowest BCUT2D eigenvalue weighted by Crippen LogP contribution is -2.15. The fraction of sp³-hybridized carbons (Fsp3) is 0.136. The Labute approximate surface area is 181 Å². The van der Waals surface area contributed by atoms with Crippen LogP contribution >= 0.6 is 22.7 Å². The van der Waals surface area contributed by atoms with E-state index in [9.17, 15) is 9.59 Å². The molecule has 1 amide bonds. The van der Waals surface area contributed by atoms with Crippen LogP contribution in [-0.2, 0) is 4.74 Å². The predicted molar refractivity (Wildman–Crippen MR) is 122 cm³/mol. The average molecular weight is 438 g/mol. The number of thiophene rings is 2. The van der Waals surface area contributed by atoms with Gasteiger partial charge in [0.15, 0.2) is 0 Å². The van der Waals surface area contributed by atoms with Crippen molar-refractivity contribution in [2.75, 3.05) is 17.7 Å². The number of rotatable bonds is 5. The Hall–Kier alpha value is -3.23. The molecule has 3 heterocycles. The number of pyridine rings is 1. The molecule has 3 aromatic heterocycles. The smallest absolute Gasteiger partial charge is 0.350 e. The lowest BCUT2D eigenvalue weighted by molar-refractivity contribution is 0.0533. The standard InChI is InChI=1S/C22H19N3O3S2/c1-3-28-22(27)19-18(23)17-16(14-10-7-11-29-14)15(12(2)24-21(17)30-19)20(26)25-13-8-5-4-6-9-13/h4-11H,3,23H2,1-2H3,(H,25,26). The van der Waals surface area contributed by atoms with Crippen molar-refractivity contribution in [2.24, 2.45) is 0 Å². The first-order valence-electron chi connectivity index (χ1n) is 9.31. The van der Waals surface area contributed by atoms with Gasteiger partial charge in [0, 0.05) is 21.5 Å². The Morgan fingerprint density at radius 2 is 1.93 bits per heavy atom. The first-order chi connectivity index (χ1) is 14.5. The highest BCUT2D eigenvalue weighted by Crippen LogP contribution is 2.43. The van der Waals surface area contributed by atoms with Gasteiger partial charge in [0.1, 0.15) is 9.71 Å². The number of hydrogen-bond acceptors (Lipinski definition) is 7. The summed E-state index contributed by atoms with van der Waals surface area (Å²) in [6.07, 6.45) is 0. The number of para-hydroxylation sites is 1. The number of benzene rings is 1. The number of hydrogen-bond donors (Lipinski definition) is 2. The third-order valence-corrected chi connectivity index (χ3v) is 6.51. The second-order valence-corrected chi connectivity index (χ2v) is 8.44. The number of esters is 1. The molecular weight excluding hydrogens is 418 g/mol. The molecule has 152 valence electrons. The summed E-state index contributed by atoms with van der Waals surface area (Å²) in [5, 5.41) is 5.47. The van der Waals surface area contributed by atoms with Crippen molar-refractivity contribution in [3.05, 3.63) is 64.0 Å². The zero-order valence-electron chi connectivity index (χ0n) is 16.4. The van der Waals surface area contributed by atoms with Crippen molar-refractivity contribution in [3.63, 3.8) is 0 Å². The minimum absolute atomic E-state index is 0.251. The number of carbonyl (C=O) groups excluding carboxylic acids is 2. The molecule has 0 atom stereocenters. The van der Waals surface area contributed by atoms with Crippen molar-refractivity contribution in [1.29, 1.82) is 0 Å². The second-order valence-electron chi connectivity index (χ2n) is 6.49. The van der Waals surface area contributed by atoms with Gasteiger partial charge in [-0.2, -0.15) is 0 Å². The maximum atomic E-state index is 13.3. The van der Waals surface area contributed by atoms with Gasteiger partial charge in [-0.3, -0.25) is 4.79 Å². The molecule has 0 bridgehead atoms. The number of carbonyl (C=O) groups is 2. The van der Waals surface area contributed by atoms with Crippen LogP contribution in [0.2, 0.25) is 0 Å². The third kappa shape index (κ3) is 3.55. The molecular formula is C22H19N3O3S2. The van der Waals surface area contributed by atoms with E-state index >= 15 is 0 Å². The van der Waals surface area contributed by atoms with Crippen LogP contribution in [0.4, 0.5) is 11.4 Å². The predicted octanol–water partition coefficient (Wildman–Crippen LogP) is 5.34. The summed E-state index contributed by atoms with van der Waals surface area (Å²) in [5.41, 5.74) is 9.06. The van der Waals surface area contributed by atoms with Crippen LogP contribution in [0.15, 0.2) is 47.8 Å². The van der Waals surface area contributed by atoms with E-state index in [1.807, 2.05) is 47.8 Å². The van der Waals surface area contributed by atoms with E-state index in [4.69, 9.17) is 10.5 Å². The number of nitrogen functional groups attached to an aromatic ring is 1. The number of nitrogens with two attached hydrogens (primary N) is 1. The maximum absolute atomic E-state index is 13.3. The minimum atomic E-state index is -0.483. The van der Waals surface area contributed by atoms with Crippen LogP contribution < -0.4 is 11.1 Å². The molecule has 30 heavy (non-hydrogen) atoms. The Kier molecular flexibility index (Phi) is 5.52. The third-order valence-electron chi connectivity index (χ3n) is 4.54. The highest BCUT2D eigenvalue weighted by molar-refractivity contribution is 7.21. The maximum Gasteiger partial charge on any atom is 0.350 e. The molecule has 4 rings (SSSR count). The minimum Gasteiger partial charge on any atom is -0.462 e. The van der Waals surface area contributed by atoms with E-state index in [0.29, 0.717) is 37.6 Å². The van der Waals surface area contributed by atoms with Crippen LogP contribution in [0.5, 0.6) is 0 Å². The van der Waals surface area contributed by atoms with E-state index in [-0.39, 0.29) is 18.2 Å². The van der Waals surface area contributed by atoms with E-state index in [2.05, 4.69) is 10.3 Å². The zero-order chi connectivity index (χ0) is 21.3.